The third-order valence-electron chi connectivity index (χ3n) is 2.36. The van der Waals surface area contributed by atoms with Crippen molar-refractivity contribution in [1.29, 1.82) is 0 Å². The van der Waals surface area contributed by atoms with Crippen molar-refractivity contribution < 1.29 is 4.74 Å². The second kappa shape index (κ2) is 5.57. The van der Waals surface area contributed by atoms with E-state index >= 15 is 0 Å². The molecule has 2 rings (SSSR count). The van der Waals surface area contributed by atoms with Crippen LogP contribution in [0, 0.1) is 4.77 Å². The molecule has 0 amide bonds. The molecule has 0 saturated carbocycles. The van der Waals surface area contributed by atoms with Crippen molar-refractivity contribution in [3.05, 3.63) is 33.5 Å². The Balaban J connectivity index is 2.42. The van der Waals surface area contributed by atoms with E-state index in [9.17, 15) is 0 Å². The lowest BCUT2D eigenvalue weighted by Crippen LogP contribution is -2.06. The Morgan fingerprint density at radius 2 is 2.35 bits per heavy atom. The topological polar surface area (TPSA) is 42.8 Å². The molecule has 4 nitrogen and oxygen atoms in total. The van der Waals surface area contributed by atoms with Crippen molar-refractivity contribution in [3.8, 4) is 11.4 Å². The number of benzene rings is 1. The first-order valence-corrected chi connectivity index (χ1v) is 6.32. The van der Waals surface area contributed by atoms with Crippen molar-refractivity contribution in [2.75, 3.05) is 13.7 Å². The van der Waals surface area contributed by atoms with Crippen molar-refractivity contribution in [2.24, 2.45) is 0 Å². The fourth-order valence-electron chi connectivity index (χ4n) is 1.56. The Hall–Kier alpha value is -0.980. The molecule has 0 saturated heterocycles. The minimum atomic E-state index is 0.606. The van der Waals surface area contributed by atoms with Crippen LogP contribution in [-0.4, -0.2) is 28.5 Å². The van der Waals surface area contributed by atoms with Gasteiger partial charge in [0.15, 0.2) is 10.6 Å². The summed E-state index contributed by atoms with van der Waals surface area (Å²) in [6.07, 6.45) is 0. The summed E-state index contributed by atoms with van der Waals surface area (Å²) < 4.78 is 8.62. The summed E-state index contributed by atoms with van der Waals surface area (Å²) in [7, 11) is 1.67. The molecule has 1 aromatic heterocycles. The monoisotopic (exact) mass is 313 g/mol. The van der Waals surface area contributed by atoms with Gasteiger partial charge in [-0.3, -0.25) is 9.67 Å². The van der Waals surface area contributed by atoms with E-state index in [1.165, 1.54) is 0 Å². The molecule has 0 spiro atoms. The Morgan fingerprint density at radius 1 is 1.53 bits per heavy atom. The second-order valence-electron chi connectivity index (χ2n) is 3.51. The molecule has 0 radical (unpaired) electrons. The van der Waals surface area contributed by atoms with Crippen molar-refractivity contribution in [3.63, 3.8) is 0 Å². The first-order chi connectivity index (χ1) is 8.22. The van der Waals surface area contributed by atoms with E-state index in [2.05, 4.69) is 26.1 Å². The van der Waals surface area contributed by atoms with E-state index in [1.54, 1.807) is 7.11 Å². The molecule has 1 aromatic carbocycles. The van der Waals surface area contributed by atoms with Gasteiger partial charge in [0.05, 0.1) is 13.2 Å². The standard InChI is InChI=1S/C11H12BrN3OS/c1-16-6-5-15-10(13-14-11(15)17)8-3-2-4-9(12)7-8/h2-4,7H,5-6H2,1H3,(H,14,17). The fourth-order valence-corrected chi connectivity index (χ4v) is 2.18. The lowest BCUT2D eigenvalue weighted by atomic mass is 10.2. The minimum absolute atomic E-state index is 0.606. The molecule has 1 heterocycles. The highest BCUT2D eigenvalue weighted by molar-refractivity contribution is 9.10. The van der Waals surface area contributed by atoms with Crippen LogP contribution in [0.25, 0.3) is 11.4 Å². The third kappa shape index (κ3) is 2.83. The average Bonchev–Trinajstić information content (AvgIpc) is 2.68. The van der Waals surface area contributed by atoms with Crippen LogP contribution in [0.15, 0.2) is 28.7 Å². The Labute approximate surface area is 113 Å². The first kappa shape index (κ1) is 12.5. The molecule has 1 N–H and O–H groups in total. The zero-order chi connectivity index (χ0) is 12.3. The highest BCUT2D eigenvalue weighted by Gasteiger charge is 2.08. The van der Waals surface area contributed by atoms with Gasteiger partial charge in [0.25, 0.3) is 0 Å². The van der Waals surface area contributed by atoms with Crippen molar-refractivity contribution >= 4 is 28.1 Å². The molecular formula is C11H12BrN3OS. The van der Waals surface area contributed by atoms with E-state index in [0.717, 1.165) is 15.9 Å². The Bertz CT molecular complexity index is 564. The van der Waals surface area contributed by atoms with Crippen LogP contribution in [0.1, 0.15) is 0 Å². The number of H-pyrrole nitrogens is 1. The van der Waals surface area contributed by atoms with Crippen LogP contribution >= 0.6 is 28.1 Å². The summed E-state index contributed by atoms with van der Waals surface area (Å²) >= 11 is 8.64. The summed E-state index contributed by atoms with van der Waals surface area (Å²) in [5.74, 6) is 0.827. The summed E-state index contributed by atoms with van der Waals surface area (Å²) in [5.41, 5.74) is 1.02. The first-order valence-electron chi connectivity index (χ1n) is 5.12. The maximum absolute atomic E-state index is 5.20. The number of halogens is 1. The summed E-state index contributed by atoms with van der Waals surface area (Å²) in [5, 5.41) is 7.06. The lowest BCUT2D eigenvalue weighted by Gasteiger charge is -2.06. The summed E-state index contributed by atoms with van der Waals surface area (Å²) in [4.78, 5) is 0. The normalized spacial score (nSPS) is 10.7. The SMILES string of the molecule is COCCn1c(-c2cccc(Br)c2)n[nH]c1=S. The highest BCUT2D eigenvalue weighted by Crippen LogP contribution is 2.21. The van der Waals surface area contributed by atoms with Crippen LogP contribution in [0.4, 0.5) is 0 Å². The van der Waals surface area contributed by atoms with Crippen LogP contribution in [-0.2, 0) is 11.3 Å². The largest absolute Gasteiger partial charge is 0.383 e. The zero-order valence-electron chi connectivity index (χ0n) is 9.31. The number of aromatic amines is 1. The molecule has 0 aliphatic heterocycles. The van der Waals surface area contributed by atoms with E-state index in [1.807, 2.05) is 28.8 Å². The molecule has 0 aliphatic rings. The van der Waals surface area contributed by atoms with Gasteiger partial charge in [0, 0.05) is 17.1 Å². The molecular weight excluding hydrogens is 302 g/mol. The minimum Gasteiger partial charge on any atom is -0.383 e. The number of aromatic nitrogens is 3. The van der Waals surface area contributed by atoms with Crippen LogP contribution in [0.3, 0.4) is 0 Å². The van der Waals surface area contributed by atoms with Crippen molar-refractivity contribution in [1.82, 2.24) is 14.8 Å². The number of methoxy groups -OCH3 is 1. The zero-order valence-corrected chi connectivity index (χ0v) is 11.7. The van der Waals surface area contributed by atoms with E-state index in [0.29, 0.717) is 17.9 Å². The predicted octanol–water partition coefficient (Wildman–Crippen LogP) is 3.02. The Kier molecular flexibility index (Phi) is 4.09. The smallest absolute Gasteiger partial charge is 0.195 e. The number of hydrogen-bond donors (Lipinski definition) is 1. The lowest BCUT2D eigenvalue weighted by molar-refractivity contribution is 0.187. The van der Waals surface area contributed by atoms with Gasteiger partial charge in [-0.2, -0.15) is 5.10 Å². The van der Waals surface area contributed by atoms with Gasteiger partial charge in [-0.15, -0.1) is 0 Å². The van der Waals surface area contributed by atoms with Gasteiger partial charge in [0.2, 0.25) is 0 Å². The molecule has 0 aliphatic carbocycles. The molecule has 6 heteroatoms. The number of nitrogens with zero attached hydrogens (tertiary/aromatic N) is 2. The average molecular weight is 314 g/mol. The van der Waals surface area contributed by atoms with Crippen molar-refractivity contribution in [2.45, 2.75) is 6.54 Å². The van der Waals surface area contributed by atoms with Crippen LogP contribution in [0.5, 0.6) is 0 Å². The molecule has 2 aromatic rings. The van der Waals surface area contributed by atoms with Gasteiger partial charge in [-0.05, 0) is 24.4 Å². The number of rotatable bonds is 4. The maximum atomic E-state index is 5.20. The molecule has 0 bridgehead atoms. The quantitative estimate of drug-likeness (QED) is 0.882. The van der Waals surface area contributed by atoms with E-state index in [-0.39, 0.29) is 0 Å². The van der Waals surface area contributed by atoms with Gasteiger partial charge < -0.3 is 4.74 Å². The van der Waals surface area contributed by atoms with Gasteiger partial charge in [-0.25, -0.2) is 0 Å². The summed E-state index contributed by atoms with van der Waals surface area (Å²) in [6, 6.07) is 7.95. The molecule has 17 heavy (non-hydrogen) atoms. The number of hydrogen-bond acceptors (Lipinski definition) is 3. The third-order valence-corrected chi connectivity index (χ3v) is 3.17. The maximum Gasteiger partial charge on any atom is 0.195 e. The molecule has 90 valence electrons. The molecule has 0 atom stereocenters. The van der Waals surface area contributed by atoms with E-state index < -0.39 is 0 Å². The number of ether oxygens (including phenoxy) is 1. The van der Waals surface area contributed by atoms with Gasteiger partial charge >= 0.3 is 0 Å². The van der Waals surface area contributed by atoms with E-state index in [4.69, 9.17) is 17.0 Å². The van der Waals surface area contributed by atoms with Gasteiger partial charge in [-0.1, -0.05) is 28.1 Å². The molecule has 0 fully saturated rings. The molecule has 0 unspecified atom stereocenters. The Morgan fingerprint density at radius 3 is 3.06 bits per heavy atom. The fraction of sp³-hybridized carbons (Fsp3) is 0.273. The number of nitrogens with one attached hydrogen (secondary N) is 1. The van der Waals surface area contributed by atoms with Crippen LogP contribution < -0.4 is 0 Å². The second-order valence-corrected chi connectivity index (χ2v) is 4.81. The van der Waals surface area contributed by atoms with Crippen LogP contribution in [0.2, 0.25) is 0 Å². The predicted molar refractivity (Wildman–Crippen MR) is 72.4 cm³/mol. The highest BCUT2D eigenvalue weighted by atomic mass is 79.9. The summed E-state index contributed by atoms with van der Waals surface area (Å²) in [6.45, 7) is 1.29. The van der Waals surface area contributed by atoms with Gasteiger partial charge in [0.1, 0.15) is 0 Å².